The van der Waals surface area contributed by atoms with Gasteiger partial charge in [0.1, 0.15) is 5.41 Å². The molecular weight excluding hydrogens is 218 g/mol. The van der Waals surface area contributed by atoms with Crippen LogP contribution in [0.3, 0.4) is 0 Å². The number of carboxylic acid groups (broad SMARTS) is 1. The van der Waals surface area contributed by atoms with Crippen molar-refractivity contribution in [1.29, 1.82) is 0 Å². The minimum Gasteiger partial charge on any atom is -0.481 e. The Hall–Kier alpha value is -0.610. The molecule has 2 aliphatic rings. The first kappa shape index (κ1) is 12.8. The SMILES string of the molecule is CC1CCCN(CC2(C(=O)O)CCOC2)CC1. The Bertz CT molecular complexity index is 274. The van der Waals surface area contributed by atoms with E-state index in [2.05, 4.69) is 11.8 Å². The summed E-state index contributed by atoms with van der Waals surface area (Å²) in [7, 11) is 0. The van der Waals surface area contributed by atoms with E-state index in [1.165, 1.54) is 19.3 Å². The fourth-order valence-corrected chi connectivity index (χ4v) is 2.88. The van der Waals surface area contributed by atoms with Gasteiger partial charge in [0.05, 0.1) is 6.61 Å². The highest BCUT2D eigenvalue weighted by molar-refractivity contribution is 5.75. The maximum atomic E-state index is 11.4. The van der Waals surface area contributed by atoms with Gasteiger partial charge in [-0.05, 0) is 44.7 Å². The van der Waals surface area contributed by atoms with Crippen LogP contribution in [0.25, 0.3) is 0 Å². The number of ether oxygens (including phenoxy) is 1. The fraction of sp³-hybridized carbons (Fsp3) is 0.923. The van der Waals surface area contributed by atoms with E-state index in [0.29, 0.717) is 26.2 Å². The van der Waals surface area contributed by atoms with Crippen LogP contribution < -0.4 is 0 Å². The summed E-state index contributed by atoms with van der Waals surface area (Å²) in [6.07, 6.45) is 4.32. The molecule has 0 saturated carbocycles. The predicted molar refractivity (Wildman–Crippen MR) is 65.0 cm³/mol. The highest BCUT2D eigenvalue weighted by Gasteiger charge is 2.43. The van der Waals surface area contributed by atoms with Gasteiger partial charge in [0, 0.05) is 13.2 Å². The van der Waals surface area contributed by atoms with Crippen molar-refractivity contribution in [2.24, 2.45) is 11.3 Å². The van der Waals surface area contributed by atoms with E-state index in [0.717, 1.165) is 19.0 Å². The molecule has 98 valence electrons. The van der Waals surface area contributed by atoms with Crippen molar-refractivity contribution in [2.75, 3.05) is 32.8 Å². The summed E-state index contributed by atoms with van der Waals surface area (Å²) in [5.74, 6) is 0.0906. The van der Waals surface area contributed by atoms with Crippen LogP contribution in [0.4, 0.5) is 0 Å². The van der Waals surface area contributed by atoms with E-state index in [-0.39, 0.29) is 0 Å². The average molecular weight is 241 g/mol. The minimum atomic E-state index is -0.688. The van der Waals surface area contributed by atoms with Gasteiger partial charge in [-0.1, -0.05) is 6.92 Å². The highest BCUT2D eigenvalue weighted by atomic mass is 16.5. The topological polar surface area (TPSA) is 49.8 Å². The van der Waals surface area contributed by atoms with Crippen molar-refractivity contribution in [3.05, 3.63) is 0 Å². The molecule has 2 heterocycles. The van der Waals surface area contributed by atoms with Crippen molar-refractivity contribution >= 4 is 5.97 Å². The van der Waals surface area contributed by atoms with Crippen LogP contribution in [-0.4, -0.2) is 48.8 Å². The van der Waals surface area contributed by atoms with E-state index in [9.17, 15) is 9.90 Å². The van der Waals surface area contributed by atoms with E-state index >= 15 is 0 Å². The van der Waals surface area contributed by atoms with Crippen LogP contribution in [0.2, 0.25) is 0 Å². The number of hydrogen-bond acceptors (Lipinski definition) is 3. The Morgan fingerprint density at radius 3 is 2.94 bits per heavy atom. The van der Waals surface area contributed by atoms with E-state index in [1.807, 2.05) is 0 Å². The maximum absolute atomic E-state index is 11.4. The molecule has 4 heteroatoms. The second kappa shape index (κ2) is 5.36. The molecule has 2 rings (SSSR count). The maximum Gasteiger partial charge on any atom is 0.313 e. The van der Waals surface area contributed by atoms with Crippen molar-refractivity contribution in [1.82, 2.24) is 4.90 Å². The van der Waals surface area contributed by atoms with Crippen LogP contribution in [0.1, 0.15) is 32.6 Å². The summed E-state index contributed by atoms with van der Waals surface area (Å²) < 4.78 is 5.31. The molecule has 2 saturated heterocycles. The van der Waals surface area contributed by atoms with Crippen molar-refractivity contribution in [3.63, 3.8) is 0 Å². The molecule has 4 nitrogen and oxygen atoms in total. The molecule has 17 heavy (non-hydrogen) atoms. The van der Waals surface area contributed by atoms with Crippen molar-refractivity contribution < 1.29 is 14.6 Å². The van der Waals surface area contributed by atoms with Crippen molar-refractivity contribution in [2.45, 2.75) is 32.6 Å². The quantitative estimate of drug-likeness (QED) is 0.815. The van der Waals surface area contributed by atoms with Gasteiger partial charge in [-0.25, -0.2) is 0 Å². The minimum absolute atomic E-state index is 0.383. The molecule has 2 aliphatic heterocycles. The Labute approximate surface area is 103 Å². The van der Waals surface area contributed by atoms with Crippen LogP contribution in [-0.2, 0) is 9.53 Å². The van der Waals surface area contributed by atoms with Gasteiger partial charge in [-0.3, -0.25) is 4.79 Å². The fourth-order valence-electron chi connectivity index (χ4n) is 2.88. The third kappa shape index (κ3) is 2.99. The molecule has 0 bridgehead atoms. The van der Waals surface area contributed by atoms with Gasteiger partial charge in [0.15, 0.2) is 0 Å². The van der Waals surface area contributed by atoms with Crippen molar-refractivity contribution in [3.8, 4) is 0 Å². The molecule has 1 N–H and O–H groups in total. The van der Waals surface area contributed by atoms with E-state index < -0.39 is 11.4 Å². The summed E-state index contributed by atoms with van der Waals surface area (Å²) >= 11 is 0. The van der Waals surface area contributed by atoms with Crippen LogP contribution in [0, 0.1) is 11.3 Å². The number of carboxylic acids is 1. The van der Waals surface area contributed by atoms with Gasteiger partial charge < -0.3 is 14.7 Å². The number of nitrogens with zero attached hydrogens (tertiary/aromatic N) is 1. The number of hydrogen-bond donors (Lipinski definition) is 1. The van der Waals surface area contributed by atoms with Gasteiger partial charge in [-0.2, -0.15) is 0 Å². The number of carbonyl (C=O) groups is 1. The standard InChI is InChI=1S/C13H23NO3/c1-11-3-2-6-14(7-4-11)9-13(12(15)16)5-8-17-10-13/h11H,2-10H2,1H3,(H,15,16). The van der Waals surface area contributed by atoms with Crippen LogP contribution >= 0.6 is 0 Å². The molecule has 2 fully saturated rings. The summed E-state index contributed by atoms with van der Waals surface area (Å²) in [4.78, 5) is 13.8. The van der Waals surface area contributed by atoms with Gasteiger partial charge in [-0.15, -0.1) is 0 Å². The largest absolute Gasteiger partial charge is 0.481 e. The molecule has 2 unspecified atom stereocenters. The van der Waals surface area contributed by atoms with Gasteiger partial charge in [0.25, 0.3) is 0 Å². The lowest BCUT2D eigenvalue weighted by molar-refractivity contribution is -0.150. The molecule has 0 aliphatic carbocycles. The van der Waals surface area contributed by atoms with E-state index in [4.69, 9.17) is 4.74 Å². The normalized spacial score (nSPS) is 35.7. The average Bonchev–Trinajstić information content (AvgIpc) is 2.66. The molecule has 0 radical (unpaired) electrons. The first-order valence-electron chi connectivity index (χ1n) is 6.66. The molecule has 0 aromatic heterocycles. The molecule has 0 aromatic carbocycles. The smallest absolute Gasteiger partial charge is 0.313 e. The summed E-state index contributed by atoms with van der Waals surface area (Å²) in [5.41, 5.74) is -0.645. The summed E-state index contributed by atoms with van der Waals surface area (Å²) in [5, 5.41) is 9.41. The van der Waals surface area contributed by atoms with Crippen LogP contribution in [0.5, 0.6) is 0 Å². The zero-order chi connectivity index (χ0) is 12.3. The monoisotopic (exact) mass is 241 g/mol. The Morgan fingerprint density at radius 1 is 1.47 bits per heavy atom. The van der Waals surface area contributed by atoms with E-state index in [1.54, 1.807) is 0 Å². The van der Waals surface area contributed by atoms with Gasteiger partial charge >= 0.3 is 5.97 Å². The Morgan fingerprint density at radius 2 is 2.29 bits per heavy atom. The lowest BCUT2D eigenvalue weighted by atomic mass is 9.86. The first-order valence-corrected chi connectivity index (χ1v) is 6.66. The summed E-state index contributed by atoms with van der Waals surface area (Å²) in [6.45, 7) is 6.00. The Balaban J connectivity index is 1.96. The molecule has 0 aromatic rings. The zero-order valence-corrected chi connectivity index (χ0v) is 10.7. The first-order chi connectivity index (χ1) is 8.12. The number of likely N-dealkylation sites (tertiary alicyclic amines) is 1. The number of aliphatic carboxylic acids is 1. The highest BCUT2D eigenvalue weighted by Crippen LogP contribution is 2.31. The predicted octanol–water partition coefficient (Wildman–Crippen LogP) is 1.60. The zero-order valence-electron chi connectivity index (χ0n) is 10.7. The van der Waals surface area contributed by atoms with Gasteiger partial charge in [0.2, 0.25) is 0 Å². The lowest BCUT2D eigenvalue weighted by Crippen LogP contribution is -2.44. The summed E-state index contributed by atoms with van der Waals surface area (Å²) in [6, 6.07) is 0. The molecule has 0 spiro atoms. The Kier molecular flexibility index (Phi) is 4.05. The lowest BCUT2D eigenvalue weighted by Gasteiger charge is -2.30. The molecule has 2 atom stereocenters. The number of rotatable bonds is 3. The second-order valence-corrected chi connectivity index (χ2v) is 5.70. The third-order valence-electron chi connectivity index (χ3n) is 4.19. The third-order valence-corrected chi connectivity index (χ3v) is 4.19. The molecular formula is C13H23NO3. The molecule has 0 amide bonds. The second-order valence-electron chi connectivity index (χ2n) is 5.70. The van der Waals surface area contributed by atoms with Crippen LogP contribution in [0.15, 0.2) is 0 Å².